The number of hydrogen-bond acceptors (Lipinski definition) is 2. The molecule has 1 aromatic carbocycles. The largest absolute Gasteiger partial charge is 0.346 e. The van der Waals surface area contributed by atoms with Crippen LogP contribution in [0, 0.1) is 5.82 Å². The molecule has 0 aliphatic carbocycles. The van der Waals surface area contributed by atoms with E-state index in [0.717, 1.165) is 31.5 Å². The van der Waals surface area contributed by atoms with Gasteiger partial charge in [0.1, 0.15) is 5.69 Å². The Bertz CT molecular complexity index is 536. The fraction of sp³-hybridized carbons (Fsp3) is 0.533. The zero-order valence-electron chi connectivity index (χ0n) is 11.8. The number of carbonyl (C=O) groups is 1. The number of halogens is 1. The minimum absolute atomic E-state index is 0.151. The normalized spacial score (nSPS) is 19.9. The first-order valence-electron chi connectivity index (χ1n) is 7.15. The molecule has 0 saturated carbocycles. The highest BCUT2D eigenvalue weighted by molar-refractivity contribution is 6.02. The molecular formula is C15H19FN3O. The smallest absolute Gasteiger partial charge is 0.304 e. The van der Waals surface area contributed by atoms with Crippen molar-refractivity contribution in [2.75, 3.05) is 18.4 Å². The zero-order valence-corrected chi connectivity index (χ0v) is 11.8. The quantitative estimate of drug-likeness (QED) is 0.901. The van der Waals surface area contributed by atoms with Crippen molar-refractivity contribution >= 4 is 17.4 Å². The topological polar surface area (TPSA) is 46.4 Å². The van der Waals surface area contributed by atoms with Gasteiger partial charge in [-0.15, -0.1) is 0 Å². The average Bonchev–Trinajstić information content (AvgIpc) is 2.80. The monoisotopic (exact) mass is 276 g/mol. The highest BCUT2D eigenvalue weighted by Gasteiger charge is 2.27. The Morgan fingerprint density at radius 2 is 2.05 bits per heavy atom. The molecule has 0 atom stereocenters. The summed E-state index contributed by atoms with van der Waals surface area (Å²) in [4.78, 5) is 13.6. The molecule has 2 aliphatic rings. The third-order valence-corrected chi connectivity index (χ3v) is 4.27. The second kappa shape index (κ2) is 5.05. The van der Waals surface area contributed by atoms with E-state index in [0.29, 0.717) is 17.6 Å². The average molecular weight is 276 g/mol. The summed E-state index contributed by atoms with van der Waals surface area (Å²) in [7, 11) is 0. The van der Waals surface area contributed by atoms with Crippen molar-refractivity contribution < 1.29 is 9.18 Å². The zero-order chi connectivity index (χ0) is 14.3. The lowest BCUT2D eigenvalue weighted by atomic mass is 9.88. The maximum absolute atomic E-state index is 14.0. The number of nitrogens with one attached hydrogen (secondary N) is 1. The van der Waals surface area contributed by atoms with Crippen molar-refractivity contribution in [2.45, 2.75) is 38.6 Å². The Morgan fingerprint density at radius 1 is 1.35 bits per heavy atom. The highest BCUT2D eigenvalue weighted by Crippen LogP contribution is 2.37. The Morgan fingerprint density at radius 3 is 2.70 bits per heavy atom. The molecule has 0 bridgehead atoms. The van der Waals surface area contributed by atoms with Crippen LogP contribution < -0.4 is 10.6 Å². The molecule has 0 unspecified atom stereocenters. The van der Waals surface area contributed by atoms with Gasteiger partial charge in [0.15, 0.2) is 5.82 Å². The molecule has 20 heavy (non-hydrogen) atoms. The van der Waals surface area contributed by atoms with Crippen LogP contribution in [0.15, 0.2) is 12.1 Å². The second-order valence-electron chi connectivity index (χ2n) is 5.84. The third kappa shape index (κ3) is 2.38. The third-order valence-electron chi connectivity index (χ3n) is 4.27. The molecule has 0 spiro atoms. The molecule has 1 aromatic rings. The van der Waals surface area contributed by atoms with Gasteiger partial charge in [-0.1, -0.05) is 0 Å². The van der Waals surface area contributed by atoms with Crippen LogP contribution in [0.2, 0.25) is 0 Å². The molecule has 2 heterocycles. The molecule has 3 rings (SSSR count). The fourth-order valence-electron chi connectivity index (χ4n) is 3.06. The van der Waals surface area contributed by atoms with Crippen LogP contribution in [0.3, 0.4) is 0 Å². The standard InChI is InChI=1S/C15H19FN3O/c1-9(2)19-5-3-10(4-6-19)11-7-12(16)14-13(8-11)17-15(20)18-14/h7-10H,3-6H2,1-2H3,(H,17,20). The van der Waals surface area contributed by atoms with Gasteiger partial charge >= 0.3 is 6.03 Å². The summed E-state index contributed by atoms with van der Waals surface area (Å²) in [5, 5.41) is 6.23. The lowest BCUT2D eigenvalue weighted by Crippen LogP contribution is -2.37. The number of piperidine rings is 1. The Kier molecular flexibility index (Phi) is 3.38. The first-order valence-corrected chi connectivity index (χ1v) is 7.15. The minimum Gasteiger partial charge on any atom is -0.304 e. The summed E-state index contributed by atoms with van der Waals surface area (Å²) in [6, 6.07) is 3.50. The van der Waals surface area contributed by atoms with E-state index in [4.69, 9.17) is 0 Å². The van der Waals surface area contributed by atoms with Crippen molar-refractivity contribution in [1.82, 2.24) is 10.2 Å². The summed E-state index contributed by atoms with van der Waals surface area (Å²) >= 11 is 0. The number of urea groups is 1. The molecule has 0 aromatic heterocycles. The van der Waals surface area contributed by atoms with E-state index in [1.165, 1.54) is 6.07 Å². The van der Waals surface area contributed by atoms with Crippen molar-refractivity contribution in [2.24, 2.45) is 0 Å². The summed E-state index contributed by atoms with van der Waals surface area (Å²) < 4.78 is 14.0. The van der Waals surface area contributed by atoms with Gasteiger partial charge in [0.25, 0.3) is 0 Å². The van der Waals surface area contributed by atoms with Gasteiger partial charge in [-0.2, -0.15) is 5.32 Å². The van der Waals surface area contributed by atoms with E-state index in [2.05, 4.69) is 29.4 Å². The number of likely N-dealkylation sites (tertiary alicyclic amines) is 1. The lowest BCUT2D eigenvalue weighted by Gasteiger charge is -2.34. The predicted octanol–water partition coefficient (Wildman–Crippen LogP) is 3.19. The number of anilines is 1. The predicted molar refractivity (Wildman–Crippen MR) is 75.9 cm³/mol. The van der Waals surface area contributed by atoms with Gasteiger partial charge in [0, 0.05) is 6.04 Å². The first kappa shape index (κ1) is 13.4. The summed E-state index contributed by atoms with van der Waals surface area (Å²) in [5.41, 5.74) is 1.64. The fourth-order valence-corrected chi connectivity index (χ4v) is 3.06. The number of carbonyl (C=O) groups excluding carboxylic acids is 1. The Labute approximate surface area is 118 Å². The maximum Gasteiger partial charge on any atom is 0.346 e. The first-order chi connectivity index (χ1) is 9.54. The number of amides is 2. The van der Waals surface area contributed by atoms with Crippen molar-refractivity contribution in [3.05, 3.63) is 23.5 Å². The van der Waals surface area contributed by atoms with Gasteiger partial charge in [-0.3, -0.25) is 0 Å². The molecule has 1 saturated heterocycles. The van der Waals surface area contributed by atoms with Gasteiger partial charge in [0.2, 0.25) is 0 Å². The second-order valence-corrected chi connectivity index (χ2v) is 5.84. The van der Waals surface area contributed by atoms with Crippen molar-refractivity contribution in [3.8, 4) is 0 Å². The van der Waals surface area contributed by atoms with Crippen LogP contribution in [-0.4, -0.2) is 30.1 Å². The van der Waals surface area contributed by atoms with Gasteiger partial charge in [-0.25, -0.2) is 9.18 Å². The van der Waals surface area contributed by atoms with Crippen molar-refractivity contribution in [1.29, 1.82) is 0 Å². The van der Waals surface area contributed by atoms with Crippen LogP contribution in [0.5, 0.6) is 0 Å². The van der Waals surface area contributed by atoms with Gasteiger partial charge < -0.3 is 10.2 Å². The summed E-state index contributed by atoms with van der Waals surface area (Å²) in [5.74, 6) is -0.0376. The van der Waals surface area contributed by atoms with E-state index in [1.807, 2.05) is 6.07 Å². The lowest BCUT2D eigenvalue weighted by molar-refractivity contribution is 0.172. The van der Waals surface area contributed by atoms with Crippen LogP contribution in [0.1, 0.15) is 38.2 Å². The SMILES string of the molecule is CC(C)N1CCC(c2cc(F)c3c(c2)NC(=O)[N]3)CC1. The number of nitrogens with zero attached hydrogens (tertiary/aromatic N) is 2. The van der Waals surface area contributed by atoms with Crippen LogP contribution in [0.4, 0.5) is 20.6 Å². The molecule has 1 radical (unpaired) electrons. The number of fused-ring (bicyclic) bond motifs is 1. The Balaban J connectivity index is 1.78. The van der Waals surface area contributed by atoms with E-state index in [9.17, 15) is 9.18 Å². The van der Waals surface area contributed by atoms with Crippen LogP contribution in [-0.2, 0) is 0 Å². The minimum atomic E-state index is -0.481. The molecule has 5 heteroatoms. The summed E-state index contributed by atoms with van der Waals surface area (Å²) in [6.07, 6.45) is 2.06. The maximum atomic E-state index is 14.0. The van der Waals surface area contributed by atoms with Crippen LogP contribution >= 0.6 is 0 Å². The van der Waals surface area contributed by atoms with E-state index >= 15 is 0 Å². The number of benzene rings is 1. The number of hydrogen-bond donors (Lipinski definition) is 1. The molecule has 1 N–H and O–H groups in total. The van der Waals surface area contributed by atoms with Crippen molar-refractivity contribution in [3.63, 3.8) is 0 Å². The highest BCUT2D eigenvalue weighted by atomic mass is 19.1. The molecule has 2 amide bonds. The summed E-state index contributed by atoms with van der Waals surface area (Å²) in [6.45, 7) is 6.48. The molecule has 1 fully saturated rings. The molecular weight excluding hydrogens is 257 g/mol. The van der Waals surface area contributed by atoms with Crippen LogP contribution in [0.25, 0.3) is 0 Å². The Hall–Kier alpha value is -1.62. The molecule has 107 valence electrons. The van der Waals surface area contributed by atoms with E-state index < -0.39 is 11.8 Å². The van der Waals surface area contributed by atoms with E-state index in [1.54, 1.807) is 0 Å². The van der Waals surface area contributed by atoms with Gasteiger partial charge in [-0.05, 0) is 63.4 Å². The molecule has 2 aliphatic heterocycles. The molecule has 4 nitrogen and oxygen atoms in total. The number of rotatable bonds is 2. The van der Waals surface area contributed by atoms with E-state index in [-0.39, 0.29) is 5.69 Å². The van der Waals surface area contributed by atoms with Gasteiger partial charge in [0.05, 0.1) is 5.69 Å².